The number of halogens is 1. The summed E-state index contributed by atoms with van der Waals surface area (Å²) in [6, 6.07) is 0. The van der Waals surface area contributed by atoms with Crippen molar-refractivity contribution in [3.63, 3.8) is 0 Å². The number of anilines is 2. The Hall–Kier alpha value is -0.880. The largest absolute Gasteiger partial charge is 0.358 e. The van der Waals surface area contributed by atoms with Gasteiger partial charge in [-0.25, -0.2) is 10.8 Å². The maximum atomic E-state index is 5.29. The van der Waals surface area contributed by atoms with E-state index in [1.165, 1.54) is 0 Å². The van der Waals surface area contributed by atoms with E-state index in [2.05, 4.69) is 50.1 Å². The van der Waals surface area contributed by atoms with Crippen molar-refractivity contribution in [3.8, 4) is 0 Å². The fraction of sp³-hybridized carbons (Fsp3) is 0.600. The zero-order chi connectivity index (χ0) is 12.1. The fourth-order valence-corrected chi connectivity index (χ4v) is 1.87. The van der Waals surface area contributed by atoms with E-state index < -0.39 is 0 Å². The number of nitrogens with two attached hydrogens (primary N) is 1. The fourth-order valence-electron chi connectivity index (χ4n) is 1.38. The molecule has 0 aliphatic rings. The molecule has 0 saturated heterocycles. The van der Waals surface area contributed by atoms with Crippen LogP contribution < -0.4 is 16.2 Å². The number of aromatic nitrogens is 2. The minimum absolute atomic E-state index is 0.425. The molecule has 1 aromatic rings. The molecule has 5 nitrogen and oxygen atoms in total. The monoisotopic (exact) mass is 287 g/mol. The van der Waals surface area contributed by atoms with E-state index >= 15 is 0 Å². The predicted octanol–water partition coefficient (Wildman–Crippen LogP) is 2.01. The summed E-state index contributed by atoms with van der Waals surface area (Å²) in [5.41, 5.74) is 2.45. The number of nitrogens with one attached hydrogen (secondary N) is 1. The summed E-state index contributed by atoms with van der Waals surface area (Å²) >= 11 is 3.44. The molecular weight excluding hydrogens is 270 g/mol. The van der Waals surface area contributed by atoms with Crippen molar-refractivity contribution in [2.75, 3.05) is 23.9 Å². The molecule has 1 atom stereocenters. The number of hydrogen-bond donors (Lipinski definition) is 2. The Bertz CT molecular complexity index is 344. The molecule has 1 aromatic heterocycles. The first-order chi connectivity index (χ1) is 7.58. The van der Waals surface area contributed by atoms with Gasteiger partial charge in [-0.05, 0) is 21.8 Å². The van der Waals surface area contributed by atoms with Crippen LogP contribution in [0.15, 0.2) is 10.7 Å². The second-order valence-electron chi connectivity index (χ2n) is 3.90. The third kappa shape index (κ3) is 3.31. The third-order valence-corrected chi connectivity index (χ3v) is 3.06. The van der Waals surface area contributed by atoms with Gasteiger partial charge in [-0.15, -0.1) is 0 Å². The van der Waals surface area contributed by atoms with Gasteiger partial charge in [-0.2, -0.15) is 4.98 Å². The lowest BCUT2D eigenvalue weighted by Gasteiger charge is -2.22. The molecule has 6 heteroatoms. The molecule has 16 heavy (non-hydrogen) atoms. The van der Waals surface area contributed by atoms with E-state index in [9.17, 15) is 0 Å². The quantitative estimate of drug-likeness (QED) is 0.641. The van der Waals surface area contributed by atoms with Crippen molar-refractivity contribution in [1.29, 1.82) is 0 Å². The summed E-state index contributed by atoms with van der Waals surface area (Å²) < 4.78 is 0.873. The van der Waals surface area contributed by atoms with Crippen LogP contribution in [0.5, 0.6) is 0 Å². The predicted molar refractivity (Wildman–Crippen MR) is 70.3 cm³/mol. The highest BCUT2D eigenvalue weighted by molar-refractivity contribution is 9.10. The molecule has 1 heterocycles. The Morgan fingerprint density at radius 2 is 2.31 bits per heavy atom. The lowest BCUT2D eigenvalue weighted by Crippen LogP contribution is -2.25. The number of hydrogen-bond acceptors (Lipinski definition) is 5. The minimum Gasteiger partial charge on any atom is -0.358 e. The van der Waals surface area contributed by atoms with Gasteiger partial charge in [0.05, 0.1) is 4.47 Å². The summed E-state index contributed by atoms with van der Waals surface area (Å²) in [5.74, 6) is 7.19. The Morgan fingerprint density at radius 3 is 2.88 bits per heavy atom. The molecule has 0 saturated carbocycles. The minimum atomic E-state index is 0.425. The van der Waals surface area contributed by atoms with E-state index in [1.54, 1.807) is 6.20 Å². The summed E-state index contributed by atoms with van der Waals surface area (Å²) in [6.07, 6.45) is 2.85. The van der Waals surface area contributed by atoms with Gasteiger partial charge in [-0.1, -0.05) is 20.3 Å². The Balaban J connectivity index is 2.84. The molecule has 0 fully saturated rings. The first kappa shape index (κ1) is 13.2. The van der Waals surface area contributed by atoms with Gasteiger partial charge < -0.3 is 4.90 Å². The molecule has 0 aromatic carbocycles. The van der Waals surface area contributed by atoms with Crippen molar-refractivity contribution in [2.45, 2.75) is 20.3 Å². The first-order valence-electron chi connectivity index (χ1n) is 5.28. The Morgan fingerprint density at radius 1 is 1.62 bits per heavy atom. The summed E-state index contributed by atoms with van der Waals surface area (Å²) in [4.78, 5) is 10.4. The van der Waals surface area contributed by atoms with Crippen molar-refractivity contribution in [1.82, 2.24) is 9.97 Å². The normalized spacial score (nSPS) is 12.3. The number of nitrogens with zero attached hydrogens (tertiary/aromatic N) is 3. The van der Waals surface area contributed by atoms with Gasteiger partial charge in [0.25, 0.3) is 0 Å². The van der Waals surface area contributed by atoms with E-state index in [4.69, 9.17) is 5.84 Å². The van der Waals surface area contributed by atoms with Gasteiger partial charge in [-0.3, -0.25) is 5.43 Å². The zero-order valence-corrected chi connectivity index (χ0v) is 11.5. The van der Waals surface area contributed by atoms with Crippen LogP contribution in [0.25, 0.3) is 0 Å². The molecule has 0 radical (unpaired) electrons. The Kier molecular flexibility index (Phi) is 4.95. The van der Waals surface area contributed by atoms with Gasteiger partial charge in [0.1, 0.15) is 5.82 Å². The zero-order valence-electron chi connectivity index (χ0n) is 9.87. The Labute approximate surface area is 105 Å². The summed E-state index contributed by atoms with van der Waals surface area (Å²) in [6.45, 7) is 5.35. The topological polar surface area (TPSA) is 67.1 Å². The number of nitrogen functional groups attached to an aromatic ring is 1. The smallest absolute Gasteiger partial charge is 0.239 e. The van der Waals surface area contributed by atoms with Crippen LogP contribution >= 0.6 is 15.9 Å². The highest BCUT2D eigenvalue weighted by Crippen LogP contribution is 2.23. The van der Waals surface area contributed by atoms with Crippen LogP contribution in [0.2, 0.25) is 0 Å². The first-order valence-corrected chi connectivity index (χ1v) is 6.08. The van der Waals surface area contributed by atoms with Crippen LogP contribution in [0.4, 0.5) is 11.8 Å². The molecule has 3 N–H and O–H groups in total. The van der Waals surface area contributed by atoms with Crippen LogP contribution in [0, 0.1) is 5.92 Å². The molecule has 0 spiro atoms. The maximum Gasteiger partial charge on any atom is 0.239 e. The molecule has 0 amide bonds. The second kappa shape index (κ2) is 6.00. The number of hydrazine groups is 1. The highest BCUT2D eigenvalue weighted by atomic mass is 79.9. The van der Waals surface area contributed by atoms with E-state index in [-0.39, 0.29) is 0 Å². The molecule has 0 aliphatic heterocycles. The van der Waals surface area contributed by atoms with Crippen LogP contribution in [0.1, 0.15) is 20.3 Å². The summed E-state index contributed by atoms with van der Waals surface area (Å²) in [5, 5.41) is 0. The summed E-state index contributed by atoms with van der Waals surface area (Å²) in [7, 11) is 2.01. The average Bonchev–Trinajstić information content (AvgIpc) is 2.29. The van der Waals surface area contributed by atoms with Crippen molar-refractivity contribution in [3.05, 3.63) is 10.7 Å². The highest BCUT2D eigenvalue weighted by Gasteiger charge is 2.11. The van der Waals surface area contributed by atoms with Gasteiger partial charge in [0.2, 0.25) is 5.95 Å². The van der Waals surface area contributed by atoms with E-state index in [1.807, 2.05) is 7.05 Å². The number of rotatable bonds is 5. The average molecular weight is 288 g/mol. The van der Waals surface area contributed by atoms with Gasteiger partial charge in [0, 0.05) is 19.8 Å². The van der Waals surface area contributed by atoms with Crippen LogP contribution in [-0.2, 0) is 0 Å². The van der Waals surface area contributed by atoms with Crippen molar-refractivity contribution in [2.24, 2.45) is 11.8 Å². The van der Waals surface area contributed by atoms with Crippen LogP contribution in [-0.4, -0.2) is 23.6 Å². The SMILES string of the molecule is CCC(C)CN(C)c1nc(NN)ncc1Br. The second-order valence-corrected chi connectivity index (χ2v) is 4.76. The van der Waals surface area contributed by atoms with Crippen molar-refractivity contribution >= 4 is 27.7 Å². The lowest BCUT2D eigenvalue weighted by atomic mass is 10.1. The molecule has 90 valence electrons. The lowest BCUT2D eigenvalue weighted by molar-refractivity contribution is 0.557. The molecule has 0 bridgehead atoms. The van der Waals surface area contributed by atoms with Crippen LogP contribution in [0.3, 0.4) is 0 Å². The molecule has 1 unspecified atom stereocenters. The molecular formula is C10H18BrN5. The molecule has 0 aliphatic carbocycles. The standard InChI is InChI=1S/C10H18BrN5/c1-4-7(2)6-16(3)9-8(11)5-13-10(14-9)15-12/h5,7H,4,6,12H2,1-3H3,(H,13,14,15). The third-order valence-electron chi connectivity index (χ3n) is 2.50. The molecule has 1 rings (SSSR count). The maximum absolute atomic E-state index is 5.29. The van der Waals surface area contributed by atoms with E-state index in [0.717, 1.165) is 23.3 Å². The van der Waals surface area contributed by atoms with Gasteiger partial charge >= 0.3 is 0 Å². The van der Waals surface area contributed by atoms with Crippen molar-refractivity contribution < 1.29 is 0 Å². The van der Waals surface area contributed by atoms with Gasteiger partial charge in [0.15, 0.2) is 0 Å². The van der Waals surface area contributed by atoms with E-state index in [0.29, 0.717) is 11.9 Å².